The molecule has 0 amide bonds. The Hall–Kier alpha value is -2.65. The van der Waals surface area contributed by atoms with Crippen LogP contribution >= 0.6 is 11.3 Å². The smallest absolute Gasteiger partial charge is 0.232 e. The van der Waals surface area contributed by atoms with Crippen molar-refractivity contribution in [1.29, 1.82) is 0 Å². The lowest BCUT2D eigenvalue weighted by atomic mass is 10.3. The van der Waals surface area contributed by atoms with Crippen molar-refractivity contribution in [2.24, 2.45) is 0 Å². The molecule has 4 aromatic rings. The first-order chi connectivity index (χ1) is 13.2. The van der Waals surface area contributed by atoms with Gasteiger partial charge in [-0.1, -0.05) is 22.5 Å². The van der Waals surface area contributed by atoms with E-state index in [1.807, 2.05) is 48.2 Å². The van der Waals surface area contributed by atoms with E-state index in [0.29, 0.717) is 37.7 Å². The average molecular weight is 384 g/mol. The van der Waals surface area contributed by atoms with Crippen LogP contribution in [-0.2, 0) is 24.1 Å². The standard InChI is InChI=1S/C18H20N6O2S/c1-3-25-12(2)18-19-13(11-27-18)10-17-20-16(22-26-17)8-9-24-15-7-5-4-6-14(15)21-23-24/h4-7,11-12H,3,8-10H2,1-2H3/t12-/m1/s1. The maximum absolute atomic E-state index is 5.58. The van der Waals surface area contributed by atoms with Gasteiger partial charge >= 0.3 is 0 Å². The lowest BCUT2D eigenvalue weighted by Gasteiger charge is -2.06. The molecule has 4 rings (SSSR count). The minimum Gasteiger partial charge on any atom is -0.372 e. The first kappa shape index (κ1) is 17.7. The van der Waals surface area contributed by atoms with Gasteiger partial charge in [-0.3, -0.25) is 0 Å². The summed E-state index contributed by atoms with van der Waals surface area (Å²) >= 11 is 1.59. The third-order valence-electron chi connectivity index (χ3n) is 4.14. The van der Waals surface area contributed by atoms with E-state index in [4.69, 9.17) is 9.26 Å². The maximum Gasteiger partial charge on any atom is 0.232 e. The molecular formula is C18H20N6O2S. The highest BCUT2D eigenvalue weighted by Crippen LogP contribution is 2.22. The van der Waals surface area contributed by atoms with Gasteiger partial charge in [0, 0.05) is 18.4 Å². The molecule has 8 nitrogen and oxygen atoms in total. The Kier molecular flexibility index (Phi) is 5.21. The van der Waals surface area contributed by atoms with Crippen molar-refractivity contribution in [3.05, 3.63) is 52.1 Å². The van der Waals surface area contributed by atoms with Crippen LogP contribution in [0.4, 0.5) is 0 Å². The van der Waals surface area contributed by atoms with Gasteiger partial charge in [-0.2, -0.15) is 4.98 Å². The summed E-state index contributed by atoms with van der Waals surface area (Å²) in [7, 11) is 0. The number of fused-ring (bicyclic) bond motifs is 1. The average Bonchev–Trinajstić information content (AvgIpc) is 3.40. The molecule has 0 spiro atoms. The van der Waals surface area contributed by atoms with E-state index in [-0.39, 0.29) is 6.10 Å². The van der Waals surface area contributed by atoms with Gasteiger partial charge in [0.15, 0.2) is 5.82 Å². The van der Waals surface area contributed by atoms with Gasteiger partial charge in [-0.15, -0.1) is 16.4 Å². The second-order valence-corrected chi connectivity index (χ2v) is 7.00. The van der Waals surface area contributed by atoms with Crippen LogP contribution in [0.1, 0.15) is 42.4 Å². The van der Waals surface area contributed by atoms with Gasteiger partial charge in [0.2, 0.25) is 5.89 Å². The molecule has 1 atom stereocenters. The van der Waals surface area contributed by atoms with Crippen molar-refractivity contribution in [1.82, 2.24) is 30.1 Å². The Morgan fingerprint density at radius 3 is 3.04 bits per heavy atom. The SMILES string of the molecule is CCO[C@H](C)c1nc(Cc2nc(CCn3nnc4ccccc43)no2)cs1. The van der Waals surface area contributed by atoms with Crippen LogP contribution in [0.5, 0.6) is 0 Å². The minimum absolute atomic E-state index is 0.00417. The Bertz CT molecular complexity index is 1020. The molecule has 9 heteroatoms. The zero-order valence-electron chi connectivity index (χ0n) is 15.2. The molecule has 0 saturated carbocycles. The summed E-state index contributed by atoms with van der Waals surface area (Å²) in [6.45, 7) is 5.30. The van der Waals surface area contributed by atoms with Crippen LogP contribution in [-0.4, -0.2) is 36.7 Å². The number of hydrogen-bond acceptors (Lipinski definition) is 8. The third-order valence-corrected chi connectivity index (χ3v) is 5.20. The molecule has 1 aromatic carbocycles. The van der Waals surface area contributed by atoms with Gasteiger partial charge in [0.05, 0.1) is 24.2 Å². The highest BCUT2D eigenvalue weighted by molar-refractivity contribution is 7.09. The van der Waals surface area contributed by atoms with Gasteiger partial charge in [-0.05, 0) is 26.0 Å². The van der Waals surface area contributed by atoms with E-state index in [1.54, 1.807) is 11.3 Å². The van der Waals surface area contributed by atoms with E-state index >= 15 is 0 Å². The minimum atomic E-state index is 0.00417. The lowest BCUT2D eigenvalue weighted by Crippen LogP contribution is -2.04. The number of hydrogen-bond donors (Lipinski definition) is 0. The van der Waals surface area contributed by atoms with Gasteiger partial charge < -0.3 is 9.26 Å². The summed E-state index contributed by atoms with van der Waals surface area (Å²) in [5.41, 5.74) is 2.80. The molecule has 27 heavy (non-hydrogen) atoms. The fraction of sp³-hybridized carbons (Fsp3) is 0.389. The predicted molar refractivity (Wildman–Crippen MR) is 100 cm³/mol. The van der Waals surface area contributed by atoms with Gasteiger partial charge in [0.1, 0.15) is 16.6 Å². The summed E-state index contributed by atoms with van der Waals surface area (Å²) in [6, 6.07) is 7.87. The Morgan fingerprint density at radius 2 is 2.15 bits per heavy atom. The van der Waals surface area contributed by atoms with E-state index < -0.39 is 0 Å². The topological polar surface area (TPSA) is 91.8 Å². The van der Waals surface area contributed by atoms with Crippen LogP contribution in [0.15, 0.2) is 34.2 Å². The highest BCUT2D eigenvalue weighted by atomic mass is 32.1. The molecule has 3 heterocycles. The van der Waals surface area contributed by atoms with Crippen LogP contribution in [0.3, 0.4) is 0 Å². The Labute approximate surface area is 160 Å². The predicted octanol–water partition coefficient (Wildman–Crippen LogP) is 3.20. The molecule has 0 aliphatic heterocycles. The van der Waals surface area contributed by atoms with Crippen molar-refractivity contribution >= 4 is 22.4 Å². The number of rotatable bonds is 8. The molecule has 0 unspecified atom stereocenters. The largest absolute Gasteiger partial charge is 0.372 e. The van der Waals surface area contributed by atoms with Crippen LogP contribution < -0.4 is 0 Å². The number of para-hydroxylation sites is 1. The molecule has 0 saturated heterocycles. The van der Waals surface area contributed by atoms with Gasteiger partial charge in [0.25, 0.3) is 0 Å². The molecule has 0 bridgehead atoms. The Balaban J connectivity index is 1.37. The quantitative estimate of drug-likeness (QED) is 0.460. The van der Waals surface area contributed by atoms with Crippen molar-refractivity contribution in [3.8, 4) is 0 Å². The molecule has 0 radical (unpaired) electrons. The zero-order valence-corrected chi connectivity index (χ0v) is 16.0. The van der Waals surface area contributed by atoms with Crippen LogP contribution in [0.2, 0.25) is 0 Å². The van der Waals surface area contributed by atoms with Crippen molar-refractivity contribution in [2.75, 3.05) is 6.61 Å². The molecule has 0 aliphatic rings. The number of ether oxygens (including phenoxy) is 1. The Morgan fingerprint density at radius 1 is 1.26 bits per heavy atom. The molecule has 0 fully saturated rings. The fourth-order valence-electron chi connectivity index (χ4n) is 2.82. The summed E-state index contributed by atoms with van der Waals surface area (Å²) in [5, 5.41) is 15.4. The van der Waals surface area contributed by atoms with Crippen molar-refractivity contribution in [2.45, 2.75) is 39.3 Å². The van der Waals surface area contributed by atoms with Crippen LogP contribution in [0.25, 0.3) is 11.0 Å². The number of benzene rings is 1. The third kappa shape index (κ3) is 4.04. The molecular weight excluding hydrogens is 364 g/mol. The first-order valence-electron chi connectivity index (χ1n) is 8.88. The van der Waals surface area contributed by atoms with E-state index in [0.717, 1.165) is 21.7 Å². The lowest BCUT2D eigenvalue weighted by molar-refractivity contribution is 0.0761. The second-order valence-electron chi connectivity index (χ2n) is 6.11. The number of aryl methyl sites for hydroxylation is 2. The summed E-state index contributed by atoms with van der Waals surface area (Å²) in [4.78, 5) is 9.07. The maximum atomic E-state index is 5.58. The fourth-order valence-corrected chi connectivity index (χ4v) is 3.64. The monoisotopic (exact) mass is 384 g/mol. The summed E-state index contributed by atoms with van der Waals surface area (Å²) in [6.07, 6.45) is 1.15. The summed E-state index contributed by atoms with van der Waals surface area (Å²) < 4.78 is 12.8. The van der Waals surface area contributed by atoms with E-state index in [2.05, 4.69) is 25.4 Å². The number of thiazole rings is 1. The van der Waals surface area contributed by atoms with Crippen LogP contribution in [0, 0.1) is 0 Å². The van der Waals surface area contributed by atoms with Gasteiger partial charge in [-0.25, -0.2) is 9.67 Å². The normalized spacial score (nSPS) is 12.7. The molecule has 0 N–H and O–H groups in total. The van der Waals surface area contributed by atoms with E-state index in [1.165, 1.54) is 0 Å². The summed E-state index contributed by atoms with van der Waals surface area (Å²) in [5.74, 6) is 1.22. The molecule has 140 valence electrons. The van der Waals surface area contributed by atoms with Crippen molar-refractivity contribution < 1.29 is 9.26 Å². The second kappa shape index (κ2) is 7.93. The van der Waals surface area contributed by atoms with Crippen molar-refractivity contribution in [3.63, 3.8) is 0 Å². The number of nitrogens with zero attached hydrogens (tertiary/aromatic N) is 6. The first-order valence-corrected chi connectivity index (χ1v) is 9.76. The molecule has 0 aliphatic carbocycles. The highest BCUT2D eigenvalue weighted by Gasteiger charge is 2.14. The van der Waals surface area contributed by atoms with E-state index in [9.17, 15) is 0 Å². The zero-order chi connectivity index (χ0) is 18.6. The number of aromatic nitrogens is 6. The molecule has 3 aromatic heterocycles.